The second-order valence-electron chi connectivity index (χ2n) is 7.69. The monoisotopic (exact) mass is 464 g/mol. The normalized spacial score (nSPS) is 11.1. The first kappa shape index (κ1) is 22.2. The fourth-order valence-corrected chi connectivity index (χ4v) is 4.81. The molecular weight excluding hydrogens is 440 g/mol. The molecule has 0 saturated carbocycles. The molecular formula is C23H24N6OS2. The Morgan fingerprint density at radius 3 is 2.78 bits per heavy atom. The number of nitrogens with one attached hydrogen (secondary N) is 1. The standard InChI is InChI=1S/C23H24N6OS2/c1-15(2)11-25-22(30)18-13-31-20(26-18)14-32-23-28-27-21(17-8-6-10-24-12-17)29(23)19-9-5-4-7-16(19)3/h4-10,12-13,15H,11,14H2,1-3H3,(H,25,30). The molecule has 164 valence electrons. The van der Waals surface area contributed by atoms with E-state index in [9.17, 15) is 4.79 Å². The van der Waals surface area contributed by atoms with Crippen LogP contribution in [0.15, 0.2) is 59.3 Å². The molecule has 4 aromatic rings. The van der Waals surface area contributed by atoms with Crippen molar-refractivity contribution in [3.63, 3.8) is 0 Å². The van der Waals surface area contributed by atoms with Crippen molar-refractivity contribution >= 4 is 29.0 Å². The van der Waals surface area contributed by atoms with Crippen LogP contribution in [0.4, 0.5) is 0 Å². The topological polar surface area (TPSA) is 85.6 Å². The van der Waals surface area contributed by atoms with Crippen molar-refractivity contribution in [3.05, 3.63) is 70.4 Å². The van der Waals surface area contributed by atoms with E-state index in [0.717, 1.165) is 32.8 Å². The Labute approximate surface area is 195 Å². The number of pyridine rings is 1. The minimum atomic E-state index is -0.131. The van der Waals surface area contributed by atoms with Crippen LogP contribution in [0.25, 0.3) is 17.1 Å². The zero-order chi connectivity index (χ0) is 22.5. The first-order chi connectivity index (χ1) is 15.5. The molecule has 1 amide bonds. The number of benzene rings is 1. The van der Waals surface area contributed by atoms with Gasteiger partial charge >= 0.3 is 0 Å². The number of para-hydroxylation sites is 1. The SMILES string of the molecule is Cc1ccccc1-n1c(SCc2nc(C(=O)NCC(C)C)cs2)nnc1-c1cccnc1. The summed E-state index contributed by atoms with van der Waals surface area (Å²) in [5.41, 5.74) is 3.50. The Balaban J connectivity index is 1.58. The zero-order valence-corrected chi connectivity index (χ0v) is 19.8. The highest BCUT2D eigenvalue weighted by Gasteiger charge is 2.18. The van der Waals surface area contributed by atoms with Crippen molar-refractivity contribution in [1.82, 2.24) is 30.0 Å². The highest BCUT2D eigenvalue weighted by Crippen LogP contribution is 2.31. The molecule has 0 aliphatic heterocycles. The van der Waals surface area contributed by atoms with Gasteiger partial charge in [-0.15, -0.1) is 21.5 Å². The van der Waals surface area contributed by atoms with Gasteiger partial charge in [0.15, 0.2) is 11.0 Å². The Morgan fingerprint density at radius 1 is 1.19 bits per heavy atom. The van der Waals surface area contributed by atoms with Crippen LogP contribution in [0.5, 0.6) is 0 Å². The number of hydrogen-bond acceptors (Lipinski definition) is 7. The number of carbonyl (C=O) groups excluding carboxylic acids is 1. The lowest BCUT2D eigenvalue weighted by molar-refractivity contribution is 0.0944. The molecule has 3 aromatic heterocycles. The van der Waals surface area contributed by atoms with Gasteiger partial charge in [-0.3, -0.25) is 14.3 Å². The molecule has 0 atom stereocenters. The van der Waals surface area contributed by atoms with Crippen molar-refractivity contribution in [2.75, 3.05) is 6.54 Å². The molecule has 9 heteroatoms. The first-order valence-electron chi connectivity index (χ1n) is 10.3. The second kappa shape index (κ2) is 10.1. The molecule has 7 nitrogen and oxygen atoms in total. The first-order valence-corrected chi connectivity index (χ1v) is 12.2. The average Bonchev–Trinajstić information content (AvgIpc) is 3.44. The van der Waals surface area contributed by atoms with Crippen molar-refractivity contribution in [2.45, 2.75) is 31.7 Å². The van der Waals surface area contributed by atoms with Gasteiger partial charge in [0, 0.05) is 29.9 Å². The Hall–Kier alpha value is -3.04. The fraction of sp³-hybridized carbons (Fsp3) is 0.261. The number of carbonyl (C=O) groups is 1. The van der Waals surface area contributed by atoms with E-state index in [1.165, 1.54) is 11.3 Å². The van der Waals surface area contributed by atoms with Crippen molar-refractivity contribution < 1.29 is 4.79 Å². The minimum absolute atomic E-state index is 0.131. The maximum Gasteiger partial charge on any atom is 0.270 e. The van der Waals surface area contributed by atoms with Gasteiger partial charge in [0.05, 0.1) is 11.4 Å². The second-order valence-corrected chi connectivity index (χ2v) is 9.57. The van der Waals surface area contributed by atoms with Crippen molar-refractivity contribution in [3.8, 4) is 17.1 Å². The van der Waals surface area contributed by atoms with Gasteiger partial charge in [-0.05, 0) is 36.6 Å². The maximum absolute atomic E-state index is 12.3. The predicted octanol–water partition coefficient (Wildman–Crippen LogP) is 4.77. The van der Waals surface area contributed by atoms with Crippen LogP contribution < -0.4 is 5.32 Å². The lowest BCUT2D eigenvalue weighted by Gasteiger charge is -2.12. The molecule has 0 saturated heterocycles. The molecule has 0 unspecified atom stereocenters. The summed E-state index contributed by atoms with van der Waals surface area (Å²) in [7, 11) is 0. The summed E-state index contributed by atoms with van der Waals surface area (Å²) >= 11 is 3.03. The summed E-state index contributed by atoms with van der Waals surface area (Å²) in [4.78, 5) is 21.0. The van der Waals surface area contributed by atoms with E-state index < -0.39 is 0 Å². The van der Waals surface area contributed by atoms with Crippen LogP contribution in [0, 0.1) is 12.8 Å². The summed E-state index contributed by atoms with van der Waals surface area (Å²) in [5, 5.41) is 15.3. The smallest absolute Gasteiger partial charge is 0.270 e. The lowest BCUT2D eigenvalue weighted by Crippen LogP contribution is -2.27. The van der Waals surface area contributed by atoms with Gasteiger partial charge in [0.1, 0.15) is 10.7 Å². The molecule has 0 spiro atoms. The molecule has 0 fully saturated rings. The van der Waals surface area contributed by atoms with E-state index in [1.807, 2.05) is 24.3 Å². The third-order valence-electron chi connectivity index (χ3n) is 4.69. The molecule has 0 bridgehead atoms. The van der Waals surface area contributed by atoms with Crippen LogP contribution in [-0.2, 0) is 5.75 Å². The number of aromatic nitrogens is 5. The molecule has 0 aliphatic carbocycles. The quantitative estimate of drug-likeness (QED) is 0.378. The summed E-state index contributed by atoms with van der Waals surface area (Å²) in [6, 6.07) is 12.0. The molecule has 32 heavy (non-hydrogen) atoms. The molecule has 3 heterocycles. The van der Waals surface area contributed by atoms with E-state index in [1.54, 1.807) is 29.5 Å². The van der Waals surface area contributed by atoms with Gasteiger partial charge in [0.2, 0.25) is 0 Å². The number of thioether (sulfide) groups is 1. The third kappa shape index (κ3) is 5.05. The van der Waals surface area contributed by atoms with Crippen LogP contribution in [-0.4, -0.2) is 37.2 Å². The summed E-state index contributed by atoms with van der Waals surface area (Å²) in [6.07, 6.45) is 3.53. The van der Waals surface area contributed by atoms with Crippen LogP contribution in [0.3, 0.4) is 0 Å². The van der Waals surface area contributed by atoms with E-state index in [2.05, 4.69) is 63.0 Å². The van der Waals surface area contributed by atoms with Gasteiger partial charge in [-0.25, -0.2) is 4.98 Å². The number of nitrogens with zero attached hydrogens (tertiary/aromatic N) is 5. The third-order valence-corrected chi connectivity index (χ3v) is 6.66. The van der Waals surface area contributed by atoms with Gasteiger partial charge in [-0.2, -0.15) is 0 Å². The fourth-order valence-electron chi connectivity index (χ4n) is 3.07. The van der Waals surface area contributed by atoms with Gasteiger partial charge < -0.3 is 5.32 Å². The highest BCUT2D eigenvalue weighted by atomic mass is 32.2. The number of aryl methyl sites for hydroxylation is 1. The summed E-state index contributed by atoms with van der Waals surface area (Å²) in [5.74, 6) is 1.60. The molecule has 0 radical (unpaired) electrons. The molecule has 1 aromatic carbocycles. The van der Waals surface area contributed by atoms with Crippen LogP contribution in [0.2, 0.25) is 0 Å². The largest absolute Gasteiger partial charge is 0.350 e. The number of hydrogen-bond donors (Lipinski definition) is 1. The van der Waals surface area contributed by atoms with E-state index in [4.69, 9.17) is 0 Å². The summed E-state index contributed by atoms with van der Waals surface area (Å²) < 4.78 is 2.06. The van der Waals surface area contributed by atoms with E-state index >= 15 is 0 Å². The highest BCUT2D eigenvalue weighted by molar-refractivity contribution is 7.98. The van der Waals surface area contributed by atoms with Crippen molar-refractivity contribution in [2.24, 2.45) is 5.92 Å². The molecule has 1 N–H and O–H groups in total. The lowest BCUT2D eigenvalue weighted by atomic mass is 10.2. The van der Waals surface area contributed by atoms with Gasteiger partial charge in [0.25, 0.3) is 5.91 Å². The maximum atomic E-state index is 12.3. The van der Waals surface area contributed by atoms with Crippen molar-refractivity contribution in [1.29, 1.82) is 0 Å². The number of rotatable bonds is 8. The van der Waals surface area contributed by atoms with Crippen LogP contribution >= 0.6 is 23.1 Å². The number of amides is 1. The molecule has 4 rings (SSSR count). The predicted molar refractivity (Wildman–Crippen MR) is 128 cm³/mol. The number of thiazole rings is 1. The molecule has 0 aliphatic rings. The Bertz CT molecular complexity index is 1200. The van der Waals surface area contributed by atoms with E-state index in [-0.39, 0.29) is 5.91 Å². The Kier molecular flexibility index (Phi) is 6.96. The minimum Gasteiger partial charge on any atom is -0.350 e. The van der Waals surface area contributed by atoms with Crippen LogP contribution in [0.1, 0.15) is 34.9 Å². The summed E-state index contributed by atoms with van der Waals surface area (Å²) in [6.45, 7) is 6.83. The average molecular weight is 465 g/mol. The van der Waals surface area contributed by atoms with E-state index in [0.29, 0.717) is 23.9 Å². The Morgan fingerprint density at radius 2 is 2.03 bits per heavy atom. The zero-order valence-electron chi connectivity index (χ0n) is 18.1. The van der Waals surface area contributed by atoms with Gasteiger partial charge in [-0.1, -0.05) is 43.8 Å².